The average molecular weight is 479 g/mol. The number of carbonyl (C=O) groups is 1. The van der Waals surface area contributed by atoms with Gasteiger partial charge in [0, 0.05) is 29.3 Å². The number of sulfone groups is 1. The number of para-hydroxylation sites is 1. The summed E-state index contributed by atoms with van der Waals surface area (Å²) in [5.41, 5.74) is 10.2. The summed E-state index contributed by atoms with van der Waals surface area (Å²) in [5, 5.41) is 0. The van der Waals surface area contributed by atoms with Crippen LogP contribution in [0.25, 0.3) is 16.7 Å². The van der Waals surface area contributed by atoms with Gasteiger partial charge in [0.2, 0.25) is 0 Å². The first-order chi connectivity index (χ1) is 16.2. The maximum absolute atomic E-state index is 13.6. The number of esters is 1. The van der Waals surface area contributed by atoms with Crippen molar-refractivity contribution in [3.05, 3.63) is 88.9 Å². The second-order valence-corrected chi connectivity index (χ2v) is 9.94. The van der Waals surface area contributed by atoms with Gasteiger partial charge < -0.3 is 10.5 Å². The molecule has 0 unspecified atom stereocenters. The van der Waals surface area contributed by atoms with Crippen molar-refractivity contribution in [2.24, 2.45) is 10.7 Å². The van der Waals surface area contributed by atoms with Crippen LogP contribution < -0.4 is 5.73 Å². The van der Waals surface area contributed by atoms with Gasteiger partial charge in [-0.3, -0.25) is 4.99 Å². The van der Waals surface area contributed by atoms with Crippen molar-refractivity contribution in [3.63, 3.8) is 0 Å². The molecular weight excluding hydrogens is 455 g/mol. The van der Waals surface area contributed by atoms with E-state index in [0.29, 0.717) is 46.5 Å². The summed E-state index contributed by atoms with van der Waals surface area (Å²) >= 11 is 0. The highest BCUT2D eigenvalue weighted by Crippen LogP contribution is 2.41. The third-order valence-corrected chi connectivity index (χ3v) is 6.82. The SMILES string of the molecule is COC(=O)c1c(S(C)(=O)=O)cc(-c2ccc(F)cc2)c2c1C(C=Nc1ccccc1)=C(N)CC2. The van der Waals surface area contributed by atoms with E-state index < -0.39 is 21.6 Å². The minimum Gasteiger partial charge on any atom is -0.465 e. The minimum atomic E-state index is -3.85. The number of hydrogen-bond donors (Lipinski definition) is 1. The Hall–Kier alpha value is -3.78. The monoisotopic (exact) mass is 478 g/mol. The molecule has 3 aromatic carbocycles. The zero-order valence-electron chi connectivity index (χ0n) is 18.7. The largest absolute Gasteiger partial charge is 0.465 e. The quantitative estimate of drug-likeness (QED) is 0.423. The topological polar surface area (TPSA) is 98.8 Å². The Morgan fingerprint density at radius 1 is 1.09 bits per heavy atom. The van der Waals surface area contributed by atoms with Crippen LogP contribution in [0.2, 0.25) is 0 Å². The van der Waals surface area contributed by atoms with E-state index in [-0.39, 0.29) is 10.5 Å². The lowest BCUT2D eigenvalue weighted by molar-refractivity contribution is 0.0596. The molecule has 6 nitrogen and oxygen atoms in total. The van der Waals surface area contributed by atoms with Crippen LogP contribution in [0.1, 0.15) is 27.9 Å². The fraction of sp³-hybridized carbons (Fsp3) is 0.154. The van der Waals surface area contributed by atoms with Gasteiger partial charge in [-0.15, -0.1) is 0 Å². The van der Waals surface area contributed by atoms with E-state index in [2.05, 4.69) is 4.99 Å². The predicted octanol–water partition coefficient (Wildman–Crippen LogP) is 4.70. The highest BCUT2D eigenvalue weighted by molar-refractivity contribution is 7.90. The molecule has 0 spiro atoms. The summed E-state index contributed by atoms with van der Waals surface area (Å²) in [5.74, 6) is -1.20. The first-order valence-corrected chi connectivity index (χ1v) is 12.4. The molecular formula is C26H23FN2O4S. The molecule has 0 aromatic heterocycles. The number of fused-ring (bicyclic) bond motifs is 1. The van der Waals surface area contributed by atoms with Gasteiger partial charge in [0.05, 0.1) is 23.3 Å². The molecule has 174 valence electrons. The second-order valence-electron chi connectivity index (χ2n) is 7.95. The lowest BCUT2D eigenvalue weighted by Gasteiger charge is -2.26. The Morgan fingerprint density at radius 3 is 2.38 bits per heavy atom. The van der Waals surface area contributed by atoms with E-state index in [9.17, 15) is 17.6 Å². The molecule has 34 heavy (non-hydrogen) atoms. The van der Waals surface area contributed by atoms with Gasteiger partial charge in [-0.2, -0.15) is 0 Å². The van der Waals surface area contributed by atoms with E-state index in [4.69, 9.17) is 10.5 Å². The Labute approximate surface area is 197 Å². The van der Waals surface area contributed by atoms with Crippen molar-refractivity contribution in [3.8, 4) is 11.1 Å². The molecule has 3 aromatic rings. The van der Waals surface area contributed by atoms with E-state index >= 15 is 0 Å². The average Bonchev–Trinajstić information content (AvgIpc) is 2.82. The van der Waals surface area contributed by atoms with E-state index in [1.807, 2.05) is 30.3 Å². The number of halogens is 1. The zero-order chi connectivity index (χ0) is 24.5. The number of nitrogens with zero attached hydrogens (tertiary/aromatic N) is 1. The Balaban J connectivity index is 2.07. The van der Waals surface area contributed by atoms with Gasteiger partial charge in [0.1, 0.15) is 5.82 Å². The van der Waals surface area contributed by atoms with Crippen LogP contribution in [0.15, 0.2) is 76.2 Å². The number of carbonyl (C=O) groups excluding carboxylic acids is 1. The van der Waals surface area contributed by atoms with Gasteiger partial charge in [-0.05, 0) is 59.9 Å². The van der Waals surface area contributed by atoms with Crippen LogP contribution in [-0.4, -0.2) is 34.0 Å². The summed E-state index contributed by atoms with van der Waals surface area (Å²) in [6.07, 6.45) is 3.53. The molecule has 0 heterocycles. The summed E-state index contributed by atoms with van der Waals surface area (Å²) < 4.78 is 44.2. The standard InChI is InChI=1S/C26H23FN2O4S/c1-33-26(30)25-23(34(2,31)32)14-20(16-8-10-17(27)11-9-16)19-12-13-22(28)21(24(19)25)15-29-18-6-4-3-5-7-18/h3-11,14-15H,12-13,28H2,1-2H3. The number of rotatable bonds is 5. The summed E-state index contributed by atoms with van der Waals surface area (Å²) in [6.45, 7) is 0. The Morgan fingerprint density at radius 2 is 1.76 bits per heavy atom. The van der Waals surface area contributed by atoms with Gasteiger partial charge in [0.25, 0.3) is 0 Å². The number of ether oxygens (including phenoxy) is 1. The number of nitrogens with two attached hydrogens (primary N) is 1. The molecule has 0 fully saturated rings. The maximum atomic E-state index is 13.6. The highest BCUT2D eigenvalue weighted by Gasteiger charge is 2.32. The number of methoxy groups -OCH3 is 1. The Bertz CT molecular complexity index is 1430. The second kappa shape index (κ2) is 9.23. The number of benzene rings is 3. The van der Waals surface area contributed by atoms with Crippen LogP contribution in [-0.2, 0) is 21.0 Å². The van der Waals surface area contributed by atoms with Crippen molar-refractivity contribution in [2.75, 3.05) is 13.4 Å². The van der Waals surface area contributed by atoms with E-state index in [1.165, 1.54) is 25.3 Å². The van der Waals surface area contributed by atoms with Crippen molar-refractivity contribution in [1.29, 1.82) is 0 Å². The first-order valence-electron chi connectivity index (χ1n) is 10.5. The van der Waals surface area contributed by atoms with Crippen molar-refractivity contribution in [2.45, 2.75) is 17.7 Å². The molecule has 1 aliphatic carbocycles. The molecule has 0 radical (unpaired) electrons. The first kappa shape index (κ1) is 23.4. The van der Waals surface area contributed by atoms with E-state index in [0.717, 1.165) is 11.8 Å². The minimum absolute atomic E-state index is 0.0805. The molecule has 0 saturated heterocycles. The normalized spacial score (nSPS) is 13.7. The lowest BCUT2D eigenvalue weighted by Crippen LogP contribution is -2.20. The summed E-state index contributed by atoms with van der Waals surface area (Å²) in [6, 6.07) is 16.4. The molecule has 0 amide bonds. The fourth-order valence-corrected chi connectivity index (χ4v) is 4.98. The fourth-order valence-electron chi connectivity index (χ4n) is 4.10. The van der Waals surface area contributed by atoms with Crippen LogP contribution >= 0.6 is 0 Å². The zero-order valence-corrected chi connectivity index (χ0v) is 19.5. The molecule has 2 N–H and O–H groups in total. The number of aliphatic imine (C=N–C) groups is 1. The Kier molecular flexibility index (Phi) is 6.34. The third-order valence-electron chi connectivity index (χ3n) is 5.70. The van der Waals surface area contributed by atoms with Crippen LogP contribution in [0.5, 0.6) is 0 Å². The number of allylic oxidation sites excluding steroid dienone is 2. The maximum Gasteiger partial charge on any atom is 0.339 e. The van der Waals surface area contributed by atoms with Crippen molar-refractivity contribution in [1.82, 2.24) is 0 Å². The molecule has 0 aliphatic heterocycles. The van der Waals surface area contributed by atoms with E-state index in [1.54, 1.807) is 18.3 Å². The molecule has 1 aliphatic rings. The summed E-state index contributed by atoms with van der Waals surface area (Å²) in [4.78, 5) is 17.2. The van der Waals surface area contributed by atoms with Gasteiger partial charge >= 0.3 is 5.97 Å². The predicted molar refractivity (Wildman–Crippen MR) is 130 cm³/mol. The van der Waals surface area contributed by atoms with Gasteiger partial charge in [-0.25, -0.2) is 17.6 Å². The molecule has 0 atom stereocenters. The molecule has 0 saturated carbocycles. The van der Waals surface area contributed by atoms with Gasteiger partial charge in [0.15, 0.2) is 9.84 Å². The third kappa shape index (κ3) is 4.49. The number of hydrogen-bond acceptors (Lipinski definition) is 6. The highest BCUT2D eigenvalue weighted by atomic mass is 32.2. The van der Waals surface area contributed by atoms with Crippen molar-refractivity contribution < 1.29 is 22.3 Å². The van der Waals surface area contributed by atoms with Crippen molar-refractivity contribution >= 4 is 33.3 Å². The van der Waals surface area contributed by atoms with Crippen LogP contribution in [0, 0.1) is 5.82 Å². The van der Waals surface area contributed by atoms with Gasteiger partial charge in [-0.1, -0.05) is 30.3 Å². The molecule has 4 rings (SSSR count). The van der Waals surface area contributed by atoms with Crippen LogP contribution in [0.4, 0.5) is 10.1 Å². The molecule has 8 heteroatoms. The smallest absolute Gasteiger partial charge is 0.339 e. The summed E-state index contributed by atoms with van der Waals surface area (Å²) in [7, 11) is -2.65. The molecule has 0 bridgehead atoms. The lowest BCUT2D eigenvalue weighted by atomic mass is 9.81. The van der Waals surface area contributed by atoms with Crippen LogP contribution in [0.3, 0.4) is 0 Å².